The average Bonchev–Trinajstić information content (AvgIpc) is 2.35. The summed E-state index contributed by atoms with van der Waals surface area (Å²) in [5.41, 5.74) is 3.25. The average molecular weight is 292 g/mol. The molecule has 0 aliphatic heterocycles. The van der Waals surface area contributed by atoms with Gasteiger partial charge in [0.2, 0.25) is 0 Å². The van der Waals surface area contributed by atoms with Gasteiger partial charge in [-0.1, -0.05) is 0 Å². The van der Waals surface area contributed by atoms with Crippen LogP contribution < -0.4 is 10.6 Å². The summed E-state index contributed by atoms with van der Waals surface area (Å²) in [6.07, 6.45) is 0. The predicted molar refractivity (Wildman–Crippen MR) is 84.7 cm³/mol. The van der Waals surface area contributed by atoms with Crippen molar-refractivity contribution in [1.29, 1.82) is 0 Å². The number of benzene rings is 2. The molecule has 2 aromatic rings. The molecule has 4 heteroatoms. The van der Waals surface area contributed by atoms with E-state index < -0.39 is 7.28 Å². The summed E-state index contributed by atoms with van der Waals surface area (Å²) in [7, 11) is -5.10. The first kappa shape index (κ1) is 15.1. The number of hydrogen-bond donors (Lipinski definition) is 3. The second kappa shape index (κ2) is 4.64. The minimum absolute atomic E-state index is 0.213. The summed E-state index contributed by atoms with van der Waals surface area (Å²) in [5, 5.41) is 0.425. The molecule has 0 amide bonds. The number of aryl methyl sites for hydroxylation is 2. The SMILES string of the molecule is Cc1cccc(P(O)(O)(O)c2cccc(C)c2C)c1C. The number of rotatable bonds is 2. The molecule has 20 heavy (non-hydrogen) atoms. The summed E-state index contributed by atoms with van der Waals surface area (Å²) in [4.78, 5) is 32.3. The first-order valence-corrected chi connectivity index (χ1v) is 8.63. The van der Waals surface area contributed by atoms with Gasteiger partial charge in [0, 0.05) is 0 Å². The van der Waals surface area contributed by atoms with E-state index in [-0.39, 0.29) is 10.6 Å². The predicted octanol–water partition coefficient (Wildman–Crippen LogP) is 2.15. The second-order valence-electron chi connectivity index (χ2n) is 5.42. The molecule has 3 N–H and O–H groups in total. The molecule has 0 aliphatic rings. The molecule has 0 bridgehead atoms. The topological polar surface area (TPSA) is 60.7 Å². The van der Waals surface area contributed by atoms with Crippen LogP contribution in [0.2, 0.25) is 0 Å². The van der Waals surface area contributed by atoms with Crippen LogP contribution in [0.3, 0.4) is 0 Å². The van der Waals surface area contributed by atoms with Gasteiger partial charge in [-0.15, -0.1) is 0 Å². The van der Waals surface area contributed by atoms with Gasteiger partial charge >= 0.3 is 119 Å². The van der Waals surface area contributed by atoms with Crippen LogP contribution in [-0.4, -0.2) is 14.7 Å². The Morgan fingerprint density at radius 3 is 1.35 bits per heavy atom. The van der Waals surface area contributed by atoms with E-state index in [1.54, 1.807) is 38.1 Å². The van der Waals surface area contributed by atoms with E-state index in [1.165, 1.54) is 0 Å². The Morgan fingerprint density at radius 1 is 0.650 bits per heavy atom. The Bertz CT molecular complexity index is 614. The van der Waals surface area contributed by atoms with Crippen LogP contribution in [0.4, 0.5) is 0 Å². The summed E-state index contributed by atoms with van der Waals surface area (Å²) in [6, 6.07) is 10.4. The molecule has 0 fully saturated rings. The quantitative estimate of drug-likeness (QED) is 0.743. The van der Waals surface area contributed by atoms with E-state index in [1.807, 2.05) is 26.0 Å². The molecule has 0 spiro atoms. The van der Waals surface area contributed by atoms with Crippen molar-refractivity contribution in [3.63, 3.8) is 0 Å². The minimum atomic E-state index is -5.10. The van der Waals surface area contributed by atoms with Crippen LogP contribution in [0.5, 0.6) is 0 Å². The van der Waals surface area contributed by atoms with Gasteiger partial charge in [0.05, 0.1) is 0 Å². The van der Waals surface area contributed by atoms with Crippen LogP contribution in [0.1, 0.15) is 22.3 Å². The zero-order valence-electron chi connectivity index (χ0n) is 12.3. The molecule has 108 valence electrons. The molecule has 0 unspecified atom stereocenters. The van der Waals surface area contributed by atoms with Crippen LogP contribution in [0.15, 0.2) is 36.4 Å². The van der Waals surface area contributed by atoms with E-state index in [0.29, 0.717) is 11.1 Å². The van der Waals surface area contributed by atoms with E-state index in [2.05, 4.69) is 0 Å². The van der Waals surface area contributed by atoms with Crippen molar-refractivity contribution in [2.75, 3.05) is 0 Å². The summed E-state index contributed by atoms with van der Waals surface area (Å²) >= 11 is 0. The van der Waals surface area contributed by atoms with E-state index in [4.69, 9.17) is 0 Å². The molecule has 2 rings (SSSR count). The molecule has 2 aromatic carbocycles. The zero-order valence-corrected chi connectivity index (χ0v) is 13.1. The normalized spacial score (nSPS) is 13.8. The van der Waals surface area contributed by atoms with Crippen molar-refractivity contribution >= 4 is 17.9 Å². The molecule has 0 aliphatic carbocycles. The van der Waals surface area contributed by atoms with Crippen molar-refractivity contribution in [2.45, 2.75) is 27.7 Å². The van der Waals surface area contributed by atoms with Crippen molar-refractivity contribution in [3.05, 3.63) is 58.7 Å². The Morgan fingerprint density at radius 2 is 1.00 bits per heavy atom. The van der Waals surface area contributed by atoms with Gasteiger partial charge in [-0.2, -0.15) is 0 Å². The molecule has 0 saturated heterocycles. The van der Waals surface area contributed by atoms with Gasteiger partial charge in [-0.25, -0.2) is 0 Å². The van der Waals surface area contributed by atoms with Crippen LogP contribution in [0.25, 0.3) is 0 Å². The summed E-state index contributed by atoms with van der Waals surface area (Å²) in [5.74, 6) is 0. The van der Waals surface area contributed by atoms with Gasteiger partial charge in [0.1, 0.15) is 0 Å². The van der Waals surface area contributed by atoms with Gasteiger partial charge < -0.3 is 0 Å². The van der Waals surface area contributed by atoms with Gasteiger partial charge in [0.15, 0.2) is 0 Å². The molecule has 3 nitrogen and oxygen atoms in total. The third-order valence-electron chi connectivity index (χ3n) is 4.04. The molecule has 0 heterocycles. The monoisotopic (exact) mass is 292 g/mol. The Kier molecular flexibility index (Phi) is 3.52. The molecule has 0 saturated carbocycles. The first-order valence-electron chi connectivity index (χ1n) is 6.54. The molecular formula is C16H21O3P. The molecular weight excluding hydrogens is 271 g/mol. The van der Waals surface area contributed by atoms with Crippen LogP contribution in [0, 0.1) is 27.7 Å². The fourth-order valence-electron chi connectivity index (χ4n) is 2.49. The van der Waals surface area contributed by atoms with Crippen molar-refractivity contribution in [3.8, 4) is 0 Å². The van der Waals surface area contributed by atoms with Crippen molar-refractivity contribution in [2.24, 2.45) is 0 Å². The third kappa shape index (κ3) is 2.27. The van der Waals surface area contributed by atoms with Gasteiger partial charge in [0.25, 0.3) is 0 Å². The fraction of sp³-hybridized carbons (Fsp3) is 0.250. The zero-order chi connectivity index (χ0) is 15.2. The standard InChI is InChI=1S/C16H21O3P/c1-11-7-5-9-15(13(11)3)20(17,18,19)16-10-6-8-12(2)14(16)4/h5-10,17-19H,1-4H3. The molecule has 0 atom stereocenters. The number of hydrogen-bond acceptors (Lipinski definition) is 3. The summed E-state index contributed by atoms with van der Waals surface area (Å²) in [6.45, 7) is 7.35. The van der Waals surface area contributed by atoms with E-state index in [9.17, 15) is 14.7 Å². The van der Waals surface area contributed by atoms with Crippen molar-refractivity contribution < 1.29 is 14.7 Å². The maximum atomic E-state index is 10.8. The Balaban J connectivity index is 2.79. The maximum absolute atomic E-state index is 10.8. The fourth-order valence-corrected chi connectivity index (χ4v) is 5.06. The first-order chi connectivity index (χ1) is 9.13. The van der Waals surface area contributed by atoms with Crippen LogP contribution in [-0.2, 0) is 0 Å². The van der Waals surface area contributed by atoms with E-state index in [0.717, 1.165) is 11.1 Å². The van der Waals surface area contributed by atoms with Gasteiger partial charge in [-0.05, 0) is 0 Å². The van der Waals surface area contributed by atoms with E-state index >= 15 is 0 Å². The molecule has 0 aromatic heterocycles. The third-order valence-corrected chi connectivity index (χ3v) is 6.78. The molecule has 0 radical (unpaired) electrons. The van der Waals surface area contributed by atoms with Crippen LogP contribution >= 0.6 is 7.28 Å². The Labute approximate surface area is 119 Å². The van der Waals surface area contributed by atoms with Gasteiger partial charge in [-0.3, -0.25) is 0 Å². The summed E-state index contributed by atoms with van der Waals surface area (Å²) < 4.78 is 0. The second-order valence-corrected chi connectivity index (χ2v) is 8.34. The Hall–Kier alpha value is -1.25. The van der Waals surface area contributed by atoms with Crippen molar-refractivity contribution in [1.82, 2.24) is 0 Å².